The molecule has 0 amide bonds. The molecule has 0 spiro atoms. The van der Waals surface area contributed by atoms with Gasteiger partial charge in [-0.25, -0.2) is 0 Å². The lowest BCUT2D eigenvalue weighted by Crippen LogP contribution is -2.61. The third kappa shape index (κ3) is 7.94. The molecule has 2 aliphatic carbocycles. The predicted molar refractivity (Wildman–Crippen MR) is 196 cm³/mol. The minimum absolute atomic E-state index is 0.0343. The Morgan fingerprint density at radius 1 is 0.960 bits per heavy atom. The average molecular weight is 707 g/mol. The Kier molecular flexibility index (Phi) is 12.1. The Morgan fingerprint density at radius 2 is 1.62 bits per heavy atom. The third-order valence-corrected chi connectivity index (χ3v) is 16.5. The van der Waals surface area contributed by atoms with Crippen molar-refractivity contribution in [3.8, 4) is 0 Å². The van der Waals surface area contributed by atoms with Gasteiger partial charge in [0.15, 0.2) is 14.6 Å². The van der Waals surface area contributed by atoms with E-state index in [-0.39, 0.29) is 31.0 Å². The number of hydrogen-bond donors (Lipinski definition) is 0. The molecule has 2 fully saturated rings. The first-order valence-corrected chi connectivity index (χ1v) is 21.1. The first-order valence-electron chi connectivity index (χ1n) is 18.2. The molecule has 3 aliphatic rings. The minimum atomic E-state index is -2.09. The first kappa shape index (κ1) is 38.7. The van der Waals surface area contributed by atoms with Crippen LogP contribution in [0.3, 0.4) is 0 Å². The summed E-state index contributed by atoms with van der Waals surface area (Å²) in [6, 6.07) is 19.9. The molecule has 0 N–H and O–H groups in total. The summed E-state index contributed by atoms with van der Waals surface area (Å²) < 4.78 is 38.7. The van der Waals surface area contributed by atoms with Gasteiger partial charge in [-0.3, -0.25) is 9.59 Å². The number of hydrogen-bond acceptors (Lipinski definition) is 8. The van der Waals surface area contributed by atoms with Crippen molar-refractivity contribution in [2.45, 2.75) is 110 Å². The van der Waals surface area contributed by atoms with Crippen molar-refractivity contribution in [3.63, 3.8) is 0 Å². The lowest BCUT2D eigenvalue weighted by Gasteiger charge is -2.51. The standard InChI is InChI=1S/C41H58O8Si/c1-28-33(24-31-20-21-32(40(31,5)6)37(46-27-44-7)36(43)35(28)42)41(47-25-29-16-12-10-13-17-29)26-45-38(30-18-14-11-15-19-30)49-34(41)22-23-48-50(8,9)39(2,3)4/h10-19,24,28,32-34,37-38H,20-23,25-27H2,1-9H3/b31-24-/t28-,32-,33+,34+,37-,38-,41-/m1/s1. The van der Waals surface area contributed by atoms with Crippen molar-refractivity contribution in [1.29, 1.82) is 0 Å². The van der Waals surface area contributed by atoms with Crippen LogP contribution in [0.2, 0.25) is 18.1 Å². The number of Topliss-reactive ketones (excluding diaryl/α,β-unsaturated/α-hetero) is 2. The molecule has 0 radical (unpaired) electrons. The van der Waals surface area contributed by atoms with Gasteiger partial charge in [-0.1, -0.05) is 114 Å². The highest BCUT2D eigenvalue weighted by Gasteiger charge is 2.58. The van der Waals surface area contributed by atoms with Crippen LogP contribution >= 0.6 is 0 Å². The molecule has 274 valence electrons. The Bertz CT molecular complexity index is 1480. The average Bonchev–Trinajstić information content (AvgIpc) is 3.39. The Hall–Kier alpha value is -2.50. The van der Waals surface area contributed by atoms with E-state index in [9.17, 15) is 9.59 Å². The Balaban J connectivity index is 1.62. The van der Waals surface area contributed by atoms with Crippen LogP contribution in [0, 0.1) is 23.2 Å². The van der Waals surface area contributed by atoms with Gasteiger partial charge in [-0.15, -0.1) is 0 Å². The smallest absolute Gasteiger partial charge is 0.227 e. The minimum Gasteiger partial charge on any atom is -0.417 e. The van der Waals surface area contributed by atoms with Gasteiger partial charge < -0.3 is 28.1 Å². The fraction of sp³-hybridized carbons (Fsp3) is 0.610. The molecule has 8 nitrogen and oxygen atoms in total. The predicted octanol–water partition coefficient (Wildman–Crippen LogP) is 8.22. The van der Waals surface area contributed by atoms with Crippen LogP contribution in [-0.4, -0.2) is 64.8 Å². The first-order chi connectivity index (χ1) is 23.6. The number of methoxy groups -OCH3 is 1. The van der Waals surface area contributed by atoms with E-state index in [0.717, 1.165) is 24.0 Å². The molecule has 1 heterocycles. The van der Waals surface area contributed by atoms with Gasteiger partial charge >= 0.3 is 0 Å². The maximum Gasteiger partial charge on any atom is 0.227 e. The fourth-order valence-corrected chi connectivity index (χ4v) is 8.76. The quantitative estimate of drug-likeness (QED) is 0.0945. The van der Waals surface area contributed by atoms with Crippen molar-refractivity contribution >= 4 is 19.9 Å². The highest BCUT2D eigenvalue weighted by Crippen LogP contribution is 2.53. The number of ketones is 2. The van der Waals surface area contributed by atoms with E-state index in [1.54, 1.807) is 0 Å². The molecule has 1 saturated heterocycles. The number of benzene rings is 2. The van der Waals surface area contributed by atoms with Crippen LogP contribution in [0.1, 0.15) is 78.2 Å². The molecule has 9 heteroatoms. The highest BCUT2D eigenvalue weighted by molar-refractivity contribution is 6.74. The highest BCUT2D eigenvalue weighted by atomic mass is 28.4. The molecule has 2 bridgehead atoms. The lowest BCUT2D eigenvalue weighted by atomic mass is 9.70. The summed E-state index contributed by atoms with van der Waals surface area (Å²) in [6.07, 6.45) is 2.24. The van der Waals surface area contributed by atoms with Gasteiger partial charge in [-0.2, -0.15) is 0 Å². The van der Waals surface area contributed by atoms with E-state index >= 15 is 0 Å². The van der Waals surface area contributed by atoms with Gasteiger partial charge in [0.25, 0.3) is 0 Å². The summed E-state index contributed by atoms with van der Waals surface area (Å²) in [5, 5.41) is 0.0343. The zero-order valence-electron chi connectivity index (χ0n) is 31.5. The monoisotopic (exact) mass is 706 g/mol. The van der Waals surface area contributed by atoms with Crippen LogP contribution in [-0.2, 0) is 44.3 Å². The van der Waals surface area contributed by atoms with Crippen LogP contribution in [0.4, 0.5) is 0 Å². The maximum absolute atomic E-state index is 14.4. The SMILES string of the molecule is COCO[C@H]1C(=O)C(=O)[C@H](C)[C@@H]([C@]2(OCc3ccccc3)CO[C@@H](c3ccccc3)O[C@H]2CCO[Si](C)(C)C(C)(C)C)/C=C2/CC[C@H]1C2(C)C. The van der Waals surface area contributed by atoms with Crippen LogP contribution in [0.5, 0.6) is 0 Å². The molecule has 5 rings (SSSR count). The molecular weight excluding hydrogens is 649 g/mol. The van der Waals surface area contributed by atoms with E-state index in [0.29, 0.717) is 13.0 Å². The molecule has 2 aromatic carbocycles. The van der Waals surface area contributed by atoms with Gasteiger partial charge in [-0.05, 0) is 48.4 Å². The summed E-state index contributed by atoms with van der Waals surface area (Å²) in [4.78, 5) is 28.6. The number of fused-ring (bicyclic) bond motifs is 2. The van der Waals surface area contributed by atoms with Crippen LogP contribution < -0.4 is 0 Å². The second-order valence-corrected chi connectivity index (χ2v) is 21.2. The summed E-state index contributed by atoms with van der Waals surface area (Å²) in [6.45, 7) is 18.2. The Labute approximate surface area is 300 Å². The number of rotatable bonds is 12. The largest absolute Gasteiger partial charge is 0.417 e. The molecular formula is C41H58O8Si. The fourth-order valence-electron chi connectivity index (χ4n) is 7.70. The Morgan fingerprint density at radius 3 is 2.26 bits per heavy atom. The van der Waals surface area contributed by atoms with E-state index < -0.39 is 61.2 Å². The van der Waals surface area contributed by atoms with E-state index in [1.165, 1.54) is 12.7 Å². The maximum atomic E-state index is 14.4. The number of allylic oxidation sites excluding steroid dienone is 1. The third-order valence-electron chi connectivity index (χ3n) is 12.0. The van der Waals surface area contributed by atoms with E-state index in [1.807, 2.05) is 67.6 Å². The second kappa shape index (κ2) is 15.6. The summed E-state index contributed by atoms with van der Waals surface area (Å²) in [7, 11) is -0.566. The van der Waals surface area contributed by atoms with Crippen molar-refractivity contribution in [3.05, 3.63) is 83.4 Å². The van der Waals surface area contributed by atoms with Gasteiger partial charge in [0.2, 0.25) is 11.6 Å². The molecule has 1 aliphatic heterocycles. The molecule has 7 atom stereocenters. The number of ether oxygens (including phenoxy) is 5. The number of carbonyl (C=O) groups is 2. The van der Waals surface area contributed by atoms with Crippen molar-refractivity contribution in [2.24, 2.45) is 23.2 Å². The topological polar surface area (TPSA) is 89.5 Å². The molecule has 50 heavy (non-hydrogen) atoms. The van der Waals surface area contributed by atoms with Gasteiger partial charge in [0.05, 0.1) is 19.3 Å². The molecule has 2 aromatic rings. The molecule has 0 unspecified atom stereocenters. The van der Waals surface area contributed by atoms with Gasteiger partial charge in [0.1, 0.15) is 18.5 Å². The van der Waals surface area contributed by atoms with Crippen molar-refractivity contribution in [2.75, 3.05) is 27.1 Å². The molecule has 1 saturated carbocycles. The van der Waals surface area contributed by atoms with Crippen LogP contribution in [0.25, 0.3) is 0 Å². The van der Waals surface area contributed by atoms with Crippen LogP contribution in [0.15, 0.2) is 72.3 Å². The summed E-state index contributed by atoms with van der Waals surface area (Å²) in [5.41, 5.74) is 1.57. The zero-order valence-corrected chi connectivity index (χ0v) is 32.5. The van der Waals surface area contributed by atoms with E-state index in [2.05, 4.69) is 53.8 Å². The molecule has 0 aromatic heterocycles. The van der Waals surface area contributed by atoms with Gasteiger partial charge in [0, 0.05) is 37.0 Å². The lowest BCUT2D eigenvalue weighted by molar-refractivity contribution is -0.321. The van der Waals surface area contributed by atoms with Crippen molar-refractivity contribution in [1.82, 2.24) is 0 Å². The second-order valence-electron chi connectivity index (χ2n) is 16.4. The van der Waals surface area contributed by atoms with E-state index in [4.69, 9.17) is 28.1 Å². The summed E-state index contributed by atoms with van der Waals surface area (Å²) >= 11 is 0. The van der Waals surface area contributed by atoms with Crippen molar-refractivity contribution < 1.29 is 37.7 Å². The summed E-state index contributed by atoms with van der Waals surface area (Å²) in [5.74, 6) is -2.42. The zero-order chi connectivity index (χ0) is 36.3. The number of carbonyl (C=O) groups excluding carboxylic acids is 2. The normalized spacial score (nSPS) is 31.4.